The average Bonchev–Trinajstić information content (AvgIpc) is 2.69. The Balaban J connectivity index is 1.79. The maximum absolute atomic E-state index is 11.9. The molecule has 1 aliphatic rings. The van der Waals surface area contributed by atoms with Gasteiger partial charge in [0.15, 0.2) is 0 Å². The summed E-state index contributed by atoms with van der Waals surface area (Å²) < 4.78 is 0.987. The van der Waals surface area contributed by atoms with Crippen LogP contribution in [-0.4, -0.2) is 47.8 Å². The van der Waals surface area contributed by atoms with Crippen LogP contribution in [0.5, 0.6) is 0 Å². The highest BCUT2D eigenvalue weighted by Gasteiger charge is 2.32. The lowest BCUT2D eigenvalue weighted by molar-refractivity contribution is -0.125. The highest BCUT2D eigenvalue weighted by Crippen LogP contribution is 2.20. The minimum atomic E-state index is -0.297. The molecule has 0 unspecified atom stereocenters. The second-order valence-electron chi connectivity index (χ2n) is 5.30. The molecule has 1 aromatic carbocycles. The van der Waals surface area contributed by atoms with Crippen molar-refractivity contribution >= 4 is 39.5 Å². The first-order valence-electron chi connectivity index (χ1n) is 7.00. The van der Waals surface area contributed by atoms with Crippen molar-refractivity contribution in [2.75, 3.05) is 25.5 Å². The van der Waals surface area contributed by atoms with Crippen LogP contribution in [-0.2, 0) is 9.59 Å². The Kier molecular flexibility index (Phi) is 5.18. The molecule has 2 rings (SSSR count). The molecule has 0 spiro atoms. The molecule has 0 atom stereocenters. The van der Waals surface area contributed by atoms with Crippen LogP contribution in [0.25, 0.3) is 0 Å². The van der Waals surface area contributed by atoms with Crippen molar-refractivity contribution in [3.05, 3.63) is 28.2 Å². The Morgan fingerprint density at radius 1 is 1.36 bits per heavy atom. The molecule has 1 fully saturated rings. The number of likely N-dealkylation sites (N-methyl/N-ethyl adjacent to an activating group) is 1. The van der Waals surface area contributed by atoms with E-state index in [1.807, 2.05) is 25.1 Å². The third-order valence-electron chi connectivity index (χ3n) is 3.46. The molecule has 0 saturated carbocycles. The number of nitrogens with zero attached hydrogens (tertiary/aromatic N) is 2. The van der Waals surface area contributed by atoms with E-state index in [2.05, 4.69) is 21.2 Å². The second kappa shape index (κ2) is 6.91. The lowest BCUT2D eigenvalue weighted by Crippen LogP contribution is -2.32. The quantitative estimate of drug-likeness (QED) is 0.812. The zero-order valence-corrected chi connectivity index (χ0v) is 14.1. The zero-order chi connectivity index (χ0) is 16.3. The van der Waals surface area contributed by atoms with Crippen LogP contribution < -0.4 is 5.32 Å². The summed E-state index contributed by atoms with van der Waals surface area (Å²) in [5.74, 6) is -0.342. The fourth-order valence-electron chi connectivity index (χ4n) is 2.23. The Bertz CT molecular complexity index is 618. The van der Waals surface area contributed by atoms with Gasteiger partial charge in [-0.2, -0.15) is 0 Å². The highest BCUT2D eigenvalue weighted by molar-refractivity contribution is 9.10. The third-order valence-corrected chi connectivity index (χ3v) is 4.35. The highest BCUT2D eigenvalue weighted by atomic mass is 79.9. The molecule has 0 aromatic heterocycles. The summed E-state index contributed by atoms with van der Waals surface area (Å²) in [5, 5.41) is 2.81. The van der Waals surface area contributed by atoms with Crippen molar-refractivity contribution in [2.45, 2.75) is 19.8 Å². The van der Waals surface area contributed by atoms with Gasteiger partial charge in [0.05, 0.1) is 0 Å². The summed E-state index contributed by atoms with van der Waals surface area (Å²) in [4.78, 5) is 37.7. The zero-order valence-electron chi connectivity index (χ0n) is 12.6. The van der Waals surface area contributed by atoms with Crippen molar-refractivity contribution in [2.24, 2.45) is 0 Å². The Labute approximate surface area is 137 Å². The third kappa shape index (κ3) is 3.85. The molecule has 118 valence electrons. The fraction of sp³-hybridized carbons (Fsp3) is 0.400. The Morgan fingerprint density at radius 2 is 2.09 bits per heavy atom. The van der Waals surface area contributed by atoms with Gasteiger partial charge in [0.2, 0.25) is 11.8 Å². The van der Waals surface area contributed by atoms with Gasteiger partial charge in [0, 0.05) is 30.2 Å². The SMILES string of the molecule is Cc1cc(NC(=O)CCCN2C(=O)CN(C)C2=O)ccc1Br. The smallest absolute Gasteiger partial charge is 0.326 e. The Morgan fingerprint density at radius 3 is 2.68 bits per heavy atom. The molecule has 1 aliphatic heterocycles. The van der Waals surface area contributed by atoms with Crippen molar-refractivity contribution < 1.29 is 14.4 Å². The predicted molar refractivity (Wildman–Crippen MR) is 86.5 cm³/mol. The van der Waals surface area contributed by atoms with E-state index < -0.39 is 0 Å². The van der Waals surface area contributed by atoms with Crippen molar-refractivity contribution in [3.63, 3.8) is 0 Å². The first-order chi connectivity index (χ1) is 10.4. The molecule has 7 heteroatoms. The number of urea groups is 1. The van der Waals surface area contributed by atoms with E-state index in [4.69, 9.17) is 0 Å². The number of carbonyl (C=O) groups is 3. The number of halogens is 1. The Hall–Kier alpha value is -1.89. The van der Waals surface area contributed by atoms with E-state index >= 15 is 0 Å². The maximum atomic E-state index is 11.9. The molecule has 4 amide bonds. The molecule has 1 aromatic rings. The summed E-state index contributed by atoms with van der Waals surface area (Å²) in [5.41, 5.74) is 1.77. The minimum Gasteiger partial charge on any atom is -0.326 e. The van der Waals surface area contributed by atoms with Crippen molar-refractivity contribution in [3.8, 4) is 0 Å². The molecule has 6 nitrogen and oxygen atoms in total. The van der Waals surface area contributed by atoms with Crippen molar-refractivity contribution in [1.29, 1.82) is 0 Å². The predicted octanol–water partition coefficient (Wildman–Crippen LogP) is 2.37. The second-order valence-corrected chi connectivity index (χ2v) is 6.15. The first kappa shape index (κ1) is 16.5. The first-order valence-corrected chi connectivity index (χ1v) is 7.79. The average molecular weight is 368 g/mol. The van der Waals surface area contributed by atoms with Crippen molar-refractivity contribution in [1.82, 2.24) is 9.80 Å². The minimum absolute atomic E-state index is 0.114. The van der Waals surface area contributed by atoms with Gasteiger partial charge in [-0.1, -0.05) is 15.9 Å². The molecular weight excluding hydrogens is 350 g/mol. The van der Waals surface area contributed by atoms with Crippen LogP contribution in [0.3, 0.4) is 0 Å². The maximum Gasteiger partial charge on any atom is 0.326 e. The number of carbonyl (C=O) groups excluding carboxylic acids is 3. The van der Waals surface area contributed by atoms with Gasteiger partial charge in [-0.25, -0.2) is 4.79 Å². The largest absolute Gasteiger partial charge is 0.326 e. The van der Waals surface area contributed by atoms with Crippen LogP contribution in [0.4, 0.5) is 10.5 Å². The van der Waals surface area contributed by atoms with E-state index in [0.717, 1.165) is 15.7 Å². The number of benzene rings is 1. The monoisotopic (exact) mass is 367 g/mol. The van der Waals surface area contributed by atoms with Crippen LogP contribution in [0.15, 0.2) is 22.7 Å². The summed E-state index contributed by atoms with van der Waals surface area (Å²) >= 11 is 3.41. The number of hydrogen-bond acceptors (Lipinski definition) is 3. The molecule has 1 heterocycles. The molecule has 1 N–H and O–H groups in total. The number of rotatable bonds is 5. The summed E-state index contributed by atoms with van der Waals surface area (Å²) in [6.07, 6.45) is 0.711. The lowest BCUT2D eigenvalue weighted by atomic mass is 10.2. The van der Waals surface area contributed by atoms with Crippen LogP contribution >= 0.6 is 15.9 Å². The number of hydrogen-bond donors (Lipinski definition) is 1. The van der Waals surface area contributed by atoms with Gasteiger partial charge in [-0.3, -0.25) is 14.5 Å². The van der Waals surface area contributed by atoms with E-state index in [1.54, 1.807) is 7.05 Å². The van der Waals surface area contributed by atoms with Gasteiger partial charge in [0.25, 0.3) is 0 Å². The van der Waals surface area contributed by atoms with E-state index in [0.29, 0.717) is 6.42 Å². The number of anilines is 1. The fourth-order valence-corrected chi connectivity index (χ4v) is 2.48. The topological polar surface area (TPSA) is 69.7 Å². The van der Waals surface area contributed by atoms with Crippen LogP contribution in [0.2, 0.25) is 0 Å². The van der Waals surface area contributed by atoms with Gasteiger partial charge < -0.3 is 10.2 Å². The lowest BCUT2D eigenvalue weighted by Gasteiger charge is -2.13. The number of nitrogens with one attached hydrogen (secondary N) is 1. The van der Waals surface area contributed by atoms with Gasteiger partial charge in [-0.05, 0) is 37.1 Å². The normalized spacial score (nSPS) is 14.7. The standard InChI is InChI=1S/C15H18BrN3O3/c1-10-8-11(5-6-12(10)16)17-13(20)4-3-7-19-14(21)9-18(2)15(19)22/h5-6,8H,3-4,7,9H2,1-2H3,(H,17,20). The summed E-state index contributed by atoms with van der Waals surface area (Å²) in [7, 11) is 1.59. The number of amides is 4. The van der Waals surface area contributed by atoms with Crippen LogP contribution in [0, 0.1) is 6.92 Å². The van der Waals surface area contributed by atoms with E-state index in [-0.39, 0.29) is 37.4 Å². The molecular formula is C15H18BrN3O3. The molecule has 0 radical (unpaired) electrons. The molecule has 0 bridgehead atoms. The molecule has 22 heavy (non-hydrogen) atoms. The van der Waals surface area contributed by atoms with E-state index in [9.17, 15) is 14.4 Å². The van der Waals surface area contributed by atoms with E-state index in [1.165, 1.54) is 9.80 Å². The van der Waals surface area contributed by atoms with Gasteiger partial charge in [0.1, 0.15) is 6.54 Å². The number of imide groups is 1. The van der Waals surface area contributed by atoms with Gasteiger partial charge in [-0.15, -0.1) is 0 Å². The van der Waals surface area contributed by atoms with Gasteiger partial charge >= 0.3 is 6.03 Å². The summed E-state index contributed by atoms with van der Waals surface area (Å²) in [6, 6.07) is 5.28. The molecule has 1 saturated heterocycles. The number of aryl methyl sites for hydroxylation is 1. The summed E-state index contributed by atoms with van der Waals surface area (Å²) in [6.45, 7) is 2.33. The van der Waals surface area contributed by atoms with Crippen LogP contribution in [0.1, 0.15) is 18.4 Å². The molecule has 0 aliphatic carbocycles.